The first-order chi connectivity index (χ1) is 9.28. The molecule has 1 fully saturated rings. The van der Waals surface area contributed by atoms with Gasteiger partial charge in [0.05, 0.1) is 5.69 Å². The molecule has 0 aliphatic carbocycles. The number of imidazole rings is 1. The van der Waals surface area contributed by atoms with Crippen molar-refractivity contribution in [2.24, 2.45) is 11.7 Å². The largest absolute Gasteiger partial charge is 0.385 e. The summed E-state index contributed by atoms with van der Waals surface area (Å²) >= 11 is 0. The average molecular weight is 266 g/mol. The van der Waals surface area contributed by atoms with E-state index >= 15 is 0 Å². The Kier molecular flexibility index (Phi) is 5.22. The van der Waals surface area contributed by atoms with E-state index in [1.165, 1.54) is 12.1 Å². The van der Waals surface area contributed by atoms with Gasteiger partial charge in [0.1, 0.15) is 0 Å². The van der Waals surface area contributed by atoms with Gasteiger partial charge >= 0.3 is 0 Å². The van der Waals surface area contributed by atoms with Crippen molar-refractivity contribution < 1.29 is 4.74 Å². The molecule has 108 valence electrons. The number of aryl methyl sites for hydroxylation is 2. The van der Waals surface area contributed by atoms with Gasteiger partial charge in [-0.15, -0.1) is 0 Å². The summed E-state index contributed by atoms with van der Waals surface area (Å²) in [4.78, 5) is 7.14. The molecular formula is C14H26N4O. The maximum atomic E-state index is 5.77. The van der Waals surface area contributed by atoms with Crippen LogP contribution in [0.1, 0.15) is 25.5 Å². The van der Waals surface area contributed by atoms with Crippen molar-refractivity contribution in [2.75, 3.05) is 38.3 Å². The van der Waals surface area contributed by atoms with Crippen LogP contribution in [0.4, 0.5) is 5.95 Å². The van der Waals surface area contributed by atoms with E-state index in [2.05, 4.69) is 22.6 Å². The molecule has 2 heterocycles. The smallest absolute Gasteiger partial charge is 0.205 e. The number of methoxy groups -OCH3 is 1. The minimum absolute atomic E-state index is 0.620. The molecule has 1 aromatic heterocycles. The van der Waals surface area contributed by atoms with Crippen LogP contribution in [0.2, 0.25) is 0 Å². The third-order valence-electron chi connectivity index (χ3n) is 3.82. The molecular weight excluding hydrogens is 240 g/mol. The van der Waals surface area contributed by atoms with Crippen LogP contribution in [-0.2, 0) is 17.7 Å². The zero-order valence-corrected chi connectivity index (χ0v) is 12.1. The summed E-state index contributed by atoms with van der Waals surface area (Å²) in [6.45, 7) is 6.82. The van der Waals surface area contributed by atoms with Crippen molar-refractivity contribution in [2.45, 2.75) is 32.7 Å². The van der Waals surface area contributed by atoms with Crippen LogP contribution in [0.25, 0.3) is 0 Å². The zero-order valence-electron chi connectivity index (χ0n) is 12.1. The van der Waals surface area contributed by atoms with Crippen molar-refractivity contribution in [1.29, 1.82) is 0 Å². The highest BCUT2D eigenvalue weighted by molar-refractivity contribution is 5.35. The van der Waals surface area contributed by atoms with Crippen LogP contribution in [0.15, 0.2) is 6.20 Å². The highest BCUT2D eigenvalue weighted by Gasteiger charge is 2.24. The Balaban J connectivity index is 2.07. The molecule has 1 atom stereocenters. The molecule has 0 saturated carbocycles. The Bertz CT molecular complexity index is 391. The molecule has 0 amide bonds. The van der Waals surface area contributed by atoms with Gasteiger partial charge < -0.3 is 19.9 Å². The summed E-state index contributed by atoms with van der Waals surface area (Å²) < 4.78 is 7.41. The third kappa shape index (κ3) is 3.48. The summed E-state index contributed by atoms with van der Waals surface area (Å²) in [5.74, 6) is 1.73. The second-order valence-electron chi connectivity index (χ2n) is 5.26. The normalized spacial score (nSPS) is 19.3. The quantitative estimate of drug-likeness (QED) is 0.755. The zero-order chi connectivity index (χ0) is 13.7. The maximum absolute atomic E-state index is 5.77. The Hall–Kier alpha value is -1.07. The van der Waals surface area contributed by atoms with Gasteiger partial charge in [-0.3, -0.25) is 0 Å². The predicted molar refractivity (Wildman–Crippen MR) is 77.5 cm³/mol. The highest BCUT2D eigenvalue weighted by atomic mass is 16.5. The number of ether oxygens (including phenoxy) is 1. The Morgan fingerprint density at radius 3 is 3.00 bits per heavy atom. The first-order valence-corrected chi connectivity index (χ1v) is 7.28. The van der Waals surface area contributed by atoms with E-state index in [-0.39, 0.29) is 0 Å². The molecule has 5 heteroatoms. The van der Waals surface area contributed by atoms with Crippen molar-refractivity contribution >= 4 is 5.95 Å². The summed E-state index contributed by atoms with van der Waals surface area (Å²) in [5, 5.41) is 0. The molecule has 1 saturated heterocycles. The van der Waals surface area contributed by atoms with E-state index in [0.717, 1.165) is 51.6 Å². The van der Waals surface area contributed by atoms with E-state index in [4.69, 9.17) is 15.5 Å². The first-order valence-electron chi connectivity index (χ1n) is 7.28. The first kappa shape index (κ1) is 14.3. The number of nitrogens with two attached hydrogens (primary N) is 1. The number of anilines is 1. The minimum Gasteiger partial charge on any atom is -0.385 e. The standard InChI is InChI=1S/C14H26N4O/c1-3-13-11-17(6-4-8-19-2)14(16-13)18-7-5-12(9-15)10-18/h11-12H,3-10,15H2,1-2H3. The lowest BCUT2D eigenvalue weighted by Crippen LogP contribution is -2.25. The van der Waals surface area contributed by atoms with Crippen molar-refractivity contribution in [1.82, 2.24) is 9.55 Å². The second kappa shape index (κ2) is 6.91. The van der Waals surface area contributed by atoms with Crippen LogP contribution in [0.3, 0.4) is 0 Å². The minimum atomic E-state index is 0.620. The van der Waals surface area contributed by atoms with Crippen LogP contribution in [0, 0.1) is 5.92 Å². The average Bonchev–Trinajstić information content (AvgIpc) is 3.04. The van der Waals surface area contributed by atoms with Crippen LogP contribution >= 0.6 is 0 Å². The number of rotatable bonds is 7. The lowest BCUT2D eigenvalue weighted by molar-refractivity contribution is 0.190. The number of hydrogen-bond donors (Lipinski definition) is 1. The molecule has 19 heavy (non-hydrogen) atoms. The molecule has 0 radical (unpaired) electrons. The molecule has 1 aliphatic rings. The Labute approximate surface area is 115 Å². The maximum Gasteiger partial charge on any atom is 0.205 e. The van der Waals surface area contributed by atoms with Gasteiger partial charge in [0.25, 0.3) is 0 Å². The van der Waals surface area contributed by atoms with Gasteiger partial charge in [-0.1, -0.05) is 6.92 Å². The van der Waals surface area contributed by atoms with Crippen molar-refractivity contribution in [3.05, 3.63) is 11.9 Å². The van der Waals surface area contributed by atoms with Gasteiger partial charge in [0, 0.05) is 39.5 Å². The molecule has 0 spiro atoms. The molecule has 0 bridgehead atoms. The lowest BCUT2D eigenvalue weighted by Gasteiger charge is -2.19. The predicted octanol–water partition coefficient (Wildman–Crippen LogP) is 1.27. The van der Waals surface area contributed by atoms with Crippen LogP contribution in [-0.4, -0.2) is 42.9 Å². The van der Waals surface area contributed by atoms with E-state index in [0.29, 0.717) is 5.92 Å². The fourth-order valence-corrected chi connectivity index (χ4v) is 2.63. The highest BCUT2D eigenvalue weighted by Crippen LogP contribution is 2.23. The van der Waals surface area contributed by atoms with Crippen LogP contribution in [0.5, 0.6) is 0 Å². The van der Waals surface area contributed by atoms with Gasteiger partial charge in [0.15, 0.2) is 0 Å². The van der Waals surface area contributed by atoms with Gasteiger partial charge in [-0.25, -0.2) is 4.98 Å². The van der Waals surface area contributed by atoms with Crippen molar-refractivity contribution in [3.63, 3.8) is 0 Å². The van der Waals surface area contributed by atoms with Gasteiger partial charge in [-0.2, -0.15) is 0 Å². The number of aromatic nitrogens is 2. The third-order valence-corrected chi connectivity index (χ3v) is 3.82. The number of hydrogen-bond acceptors (Lipinski definition) is 4. The monoisotopic (exact) mass is 266 g/mol. The Morgan fingerprint density at radius 1 is 1.53 bits per heavy atom. The van der Waals surface area contributed by atoms with E-state index in [1.807, 2.05) is 0 Å². The SMILES string of the molecule is CCc1cn(CCCOC)c(N2CCC(CN)C2)n1. The fourth-order valence-electron chi connectivity index (χ4n) is 2.63. The van der Waals surface area contributed by atoms with E-state index < -0.39 is 0 Å². The molecule has 2 rings (SSSR count). The molecule has 1 aromatic rings. The Morgan fingerprint density at radius 2 is 2.37 bits per heavy atom. The summed E-state index contributed by atoms with van der Waals surface area (Å²) in [6.07, 6.45) is 5.37. The summed E-state index contributed by atoms with van der Waals surface area (Å²) in [6, 6.07) is 0. The fraction of sp³-hybridized carbons (Fsp3) is 0.786. The topological polar surface area (TPSA) is 56.3 Å². The summed E-state index contributed by atoms with van der Waals surface area (Å²) in [7, 11) is 1.75. The summed E-state index contributed by atoms with van der Waals surface area (Å²) in [5.41, 5.74) is 6.94. The molecule has 0 aromatic carbocycles. The van der Waals surface area contributed by atoms with Gasteiger partial charge in [-0.05, 0) is 31.7 Å². The molecule has 5 nitrogen and oxygen atoms in total. The lowest BCUT2D eigenvalue weighted by atomic mass is 10.1. The molecule has 1 unspecified atom stereocenters. The van der Waals surface area contributed by atoms with Crippen LogP contribution < -0.4 is 10.6 Å². The second-order valence-corrected chi connectivity index (χ2v) is 5.26. The van der Waals surface area contributed by atoms with Gasteiger partial charge in [0.2, 0.25) is 5.95 Å². The van der Waals surface area contributed by atoms with E-state index in [1.54, 1.807) is 7.11 Å². The molecule has 2 N–H and O–H groups in total. The number of nitrogens with zero attached hydrogens (tertiary/aromatic N) is 3. The molecule has 1 aliphatic heterocycles. The van der Waals surface area contributed by atoms with Crippen molar-refractivity contribution in [3.8, 4) is 0 Å². The van der Waals surface area contributed by atoms with E-state index in [9.17, 15) is 0 Å².